The average Bonchev–Trinajstić information content (AvgIpc) is 3.04. The number of hydrogen-bond donors (Lipinski definition) is 1. The lowest BCUT2D eigenvalue weighted by Crippen LogP contribution is -2.26. The van der Waals surface area contributed by atoms with Crippen molar-refractivity contribution in [1.82, 2.24) is 10.3 Å². The van der Waals surface area contributed by atoms with Crippen LogP contribution in [0.5, 0.6) is 5.75 Å². The normalized spacial score (nSPS) is 11.9. The van der Waals surface area contributed by atoms with E-state index in [4.69, 9.17) is 4.74 Å². The molecule has 0 aliphatic heterocycles. The van der Waals surface area contributed by atoms with E-state index in [-0.39, 0.29) is 12.5 Å². The number of ether oxygens (including phenoxy) is 1. The van der Waals surface area contributed by atoms with Crippen LogP contribution in [0.15, 0.2) is 42.5 Å². The lowest BCUT2D eigenvalue weighted by atomic mass is 10.1. The summed E-state index contributed by atoms with van der Waals surface area (Å²) in [5.74, 6) is -1.44. The number of thiazole rings is 1. The molecule has 1 heterocycles. The molecule has 0 spiro atoms. The molecule has 3 aromatic rings. The van der Waals surface area contributed by atoms with Gasteiger partial charge < -0.3 is 10.1 Å². The highest BCUT2D eigenvalue weighted by atomic mass is 32.1. The molecule has 0 bridgehead atoms. The van der Waals surface area contributed by atoms with E-state index < -0.39 is 17.7 Å². The Kier molecular flexibility index (Phi) is 6.04. The van der Waals surface area contributed by atoms with Gasteiger partial charge in [0.1, 0.15) is 22.2 Å². The van der Waals surface area contributed by atoms with Crippen LogP contribution in [-0.2, 0) is 6.61 Å². The van der Waals surface area contributed by atoms with E-state index in [0.29, 0.717) is 21.1 Å². The Balaban J connectivity index is 1.65. The maximum atomic E-state index is 13.4. The molecule has 2 aromatic carbocycles. The molecule has 0 radical (unpaired) electrons. The summed E-state index contributed by atoms with van der Waals surface area (Å²) >= 11 is 1.25. The highest BCUT2D eigenvalue weighted by Gasteiger charge is 2.19. The maximum Gasteiger partial charge on any atom is 0.263 e. The molecule has 3 rings (SSSR count). The van der Waals surface area contributed by atoms with Crippen LogP contribution in [0.25, 0.3) is 0 Å². The molecule has 1 atom stereocenters. The second-order valence-corrected chi connectivity index (χ2v) is 7.58. The van der Waals surface area contributed by atoms with Crippen molar-refractivity contribution in [3.05, 3.63) is 80.8 Å². The molecule has 0 aliphatic rings. The van der Waals surface area contributed by atoms with Crippen LogP contribution in [0.2, 0.25) is 0 Å². The van der Waals surface area contributed by atoms with Gasteiger partial charge in [0.25, 0.3) is 5.91 Å². The fourth-order valence-electron chi connectivity index (χ4n) is 2.63. The summed E-state index contributed by atoms with van der Waals surface area (Å²) in [4.78, 5) is 17.4. The number of hydrogen-bond acceptors (Lipinski definition) is 4. The number of rotatable bonds is 6. The SMILES string of the molecule is Cc1ccc(OCc2nc(C)c(C(=O)NC(C)c3ccc(F)c(F)c3)s2)cc1. The monoisotopic (exact) mass is 402 g/mol. The predicted molar refractivity (Wildman–Crippen MR) is 105 cm³/mol. The van der Waals surface area contributed by atoms with Gasteiger partial charge in [0.2, 0.25) is 0 Å². The van der Waals surface area contributed by atoms with E-state index in [0.717, 1.165) is 23.4 Å². The number of benzene rings is 2. The molecule has 146 valence electrons. The molecule has 28 heavy (non-hydrogen) atoms. The van der Waals surface area contributed by atoms with E-state index >= 15 is 0 Å². The van der Waals surface area contributed by atoms with Crippen molar-refractivity contribution in [2.75, 3.05) is 0 Å². The van der Waals surface area contributed by atoms with Crippen LogP contribution in [0, 0.1) is 25.5 Å². The van der Waals surface area contributed by atoms with E-state index in [1.165, 1.54) is 17.4 Å². The molecular formula is C21H20F2N2O2S. The molecule has 4 nitrogen and oxygen atoms in total. The minimum Gasteiger partial charge on any atom is -0.486 e. The number of nitrogens with zero attached hydrogens (tertiary/aromatic N) is 1. The Morgan fingerprint density at radius 2 is 1.86 bits per heavy atom. The third-order valence-corrected chi connectivity index (χ3v) is 5.35. The number of halogens is 2. The standard InChI is InChI=1S/C21H20F2N2O2S/c1-12-4-7-16(8-5-12)27-11-19-24-14(3)20(28-19)21(26)25-13(2)15-6-9-17(22)18(23)10-15/h4-10,13H,11H2,1-3H3,(H,25,26). The Morgan fingerprint density at radius 3 is 2.54 bits per heavy atom. The summed E-state index contributed by atoms with van der Waals surface area (Å²) in [6, 6.07) is 10.8. The summed E-state index contributed by atoms with van der Waals surface area (Å²) in [6.45, 7) is 5.73. The number of carbonyl (C=O) groups excluding carboxylic acids is 1. The fourth-order valence-corrected chi connectivity index (χ4v) is 3.51. The number of aryl methyl sites for hydroxylation is 2. The molecule has 0 saturated carbocycles. The summed E-state index contributed by atoms with van der Waals surface area (Å²) in [5, 5.41) is 3.48. The molecule has 1 unspecified atom stereocenters. The lowest BCUT2D eigenvalue weighted by molar-refractivity contribution is 0.0943. The van der Waals surface area contributed by atoms with Gasteiger partial charge in [0, 0.05) is 0 Å². The van der Waals surface area contributed by atoms with Crippen molar-refractivity contribution in [2.24, 2.45) is 0 Å². The van der Waals surface area contributed by atoms with E-state index in [1.54, 1.807) is 13.8 Å². The topological polar surface area (TPSA) is 51.2 Å². The van der Waals surface area contributed by atoms with Crippen molar-refractivity contribution in [1.29, 1.82) is 0 Å². The van der Waals surface area contributed by atoms with Crippen LogP contribution in [-0.4, -0.2) is 10.9 Å². The number of nitrogens with one attached hydrogen (secondary N) is 1. The third kappa shape index (κ3) is 4.72. The Bertz CT molecular complexity index is 987. The zero-order valence-electron chi connectivity index (χ0n) is 15.8. The Morgan fingerprint density at radius 1 is 1.14 bits per heavy atom. The molecule has 0 aliphatic carbocycles. The number of carbonyl (C=O) groups is 1. The van der Waals surface area contributed by atoms with Crippen molar-refractivity contribution < 1.29 is 18.3 Å². The van der Waals surface area contributed by atoms with Crippen LogP contribution < -0.4 is 10.1 Å². The van der Waals surface area contributed by atoms with Crippen molar-refractivity contribution >= 4 is 17.2 Å². The molecule has 1 N–H and O–H groups in total. The molecule has 1 amide bonds. The zero-order chi connectivity index (χ0) is 20.3. The average molecular weight is 402 g/mol. The first-order chi connectivity index (χ1) is 13.3. The van der Waals surface area contributed by atoms with Gasteiger partial charge in [-0.2, -0.15) is 0 Å². The quantitative estimate of drug-likeness (QED) is 0.623. The second kappa shape index (κ2) is 8.48. The first-order valence-corrected chi connectivity index (χ1v) is 9.56. The minimum atomic E-state index is -0.942. The number of amides is 1. The Hall–Kier alpha value is -2.80. The van der Waals surface area contributed by atoms with E-state index in [9.17, 15) is 13.6 Å². The van der Waals surface area contributed by atoms with Crippen LogP contribution in [0.1, 0.15) is 44.5 Å². The molecular weight excluding hydrogens is 382 g/mol. The van der Waals surface area contributed by atoms with Gasteiger partial charge in [-0.15, -0.1) is 11.3 Å². The summed E-state index contributed by atoms with van der Waals surface area (Å²) in [7, 11) is 0. The largest absolute Gasteiger partial charge is 0.486 e. The second-order valence-electron chi connectivity index (χ2n) is 6.49. The van der Waals surface area contributed by atoms with Gasteiger partial charge in [-0.05, 0) is 50.6 Å². The van der Waals surface area contributed by atoms with Gasteiger partial charge in [-0.25, -0.2) is 13.8 Å². The van der Waals surface area contributed by atoms with Crippen LogP contribution in [0.3, 0.4) is 0 Å². The van der Waals surface area contributed by atoms with Crippen molar-refractivity contribution in [3.63, 3.8) is 0 Å². The smallest absolute Gasteiger partial charge is 0.263 e. The van der Waals surface area contributed by atoms with Crippen molar-refractivity contribution in [2.45, 2.75) is 33.4 Å². The molecule has 7 heteroatoms. The first kappa shape index (κ1) is 19.9. The molecule has 0 saturated heterocycles. The summed E-state index contributed by atoms with van der Waals surface area (Å²) < 4.78 is 32.2. The number of aromatic nitrogens is 1. The van der Waals surface area contributed by atoms with Crippen LogP contribution >= 0.6 is 11.3 Å². The van der Waals surface area contributed by atoms with E-state index in [1.807, 2.05) is 31.2 Å². The van der Waals surface area contributed by atoms with Gasteiger partial charge in [0.15, 0.2) is 11.6 Å². The highest BCUT2D eigenvalue weighted by molar-refractivity contribution is 7.13. The molecule has 1 aromatic heterocycles. The lowest BCUT2D eigenvalue weighted by Gasteiger charge is -2.14. The van der Waals surface area contributed by atoms with Crippen molar-refractivity contribution in [3.8, 4) is 5.75 Å². The van der Waals surface area contributed by atoms with Gasteiger partial charge in [0.05, 0.1) is 11.7 Å². The van der Waals surface area contributed by atoms with Gasteiger partial charge in [-0.1, -0.05) is 23.8 Å². The third-order valence-electron chi connectivity index (χ3n) is 4.22. The maximum absolute atomic E-state index is 13.4. The van der Waals surface area contributed by atoms with Gasteiger partial charge in [-0.3, -0.25) is 4.79 Å². The predicted octanol–water partition coefficient (Wildman–Crippen LogP) is 5.11. The van der Waals surface area contributed by atoms with Gasteiger partial charge >= 0.3 is 0 Å². The van der Waals surface area contributed by atoms with Crippen LogP contribution in [0.4, 0.5) is 8.78 Å². The summed E-state index contributed by atoms with van der Waals surface area (Å²) in [5.41, 5.74) is 2.23. The fraction of sp³-hybridized carbons (Fsp3) is 0.238. The molecule has 0 fully saturated rings. The van der Waals surface area contributed by atoms with E-state index in [2.05, 4.69) is 10.3 Å². The minimum absolute atomic E-state index is 0.264. The Labute approximate surface area is 166 Å². The summed E-state index contributed by atoms with van der Waals surface area (Å²) in [6.07, 6.45) is 0. The first-order valence-electron chi connectivity index (χ1n) is 8.75. The highest BCUT2D eigenvalue weighted by Crippen LogP contribution is 2.22. The zero-order valence-corrected chi connectivity index (χ0v) is 16.6.